The summed E-state index contributed by atoms with van der Waals surface area (Å²) in [5.41, 5.74) is 3.33. The first-order valence-corrected chi connectivity index (χ1v) is 7.53. The quantitative estimate of drug-likeness (QED) is 0.781. The van der Waals surface area contributed by atoms with Crippen molar-refractivity contribution in [3.05, 3.63) is 65.0 Å². The SMILES string of the molecule is CCC1=CC2C(=O)/C(=C3\Nc4ccccc4C3=O)NC2C=C1. The van der Waals surface area contributed by atoms with Gasteiger partial charge in [0.1, 0.15) is 11.4 Å². The van der Waals surface area contributed by atoms with Crippen molar-refractivity contribution < 1.29 is 9.59 Å². The maximum atomic E-state index is 12.7. The van der Waals surface area contributed by atoms with Gasteiger partial charge in [-0.25, -0.2) is 0 Å². The highest BCUT2D eigenvalue weighted by molar-refractivity contribution is 6.22. The van der Waals surface area contributed by atoms with E-state index in [1.165, 1.54) is 0 Å². The number of carbonyl (C=O) groups excluding carboxylic acids is 2. The van der Waals surface area contributed by atoms with Gasteiger partial charge in [-0.3, -0.25) is 9.59 Å². The molecular weight excluding hydrogens is 276 g/mol. The van der Waals surface area contributed by atoms with Crippen molar-refractivity contribution in [1.82, 2.24) is 5.32 Å². The third-order valence-electron chi connectivity index (χ3n) is 4.47. The molecule has 1 fully saturated rings. The van der Waals surface area contributed by atoms with Gasteiger partial charge >= 0.3 is 0 Å². The van der Waals surface area contributed by atoms with E-state index >= 15 is 0 Å². The fourth-order valence-corrected chi connectivity index (χ4v) is 3.24. The first kappa shape index (κ1) is 13.1. The molecule has 4 nitrogen and oxygen atoms in total. The number of para-hydroxylation sites is 1. The minimum atomic E-state index is -0.208. The van der Waals surface area contributed by atoms with Crippen LogP contribution in [0.1, 0.15) is 23.7 Å². The van der Waals surface area contributed by atoms with E-state index in [0.717, 1.165) is 17.7 Å². The lowest BCUT2D eigenvalue weighted by atomic mass is 9.90. The normalized spacial score (nSPS) is 28.9. The van der Waals surface area contributed by atoms with E-state index in [1.807, 2.05) is 36.4 Å². The summed E-state index contributed by atoms with van der Waals surface area (Å²) in [5.74, 6) is -0.335. The molecule has 2 N–H and O–H groups in total. The fraction of sp³-hybridized carbons (Fsp3) is 0.222. The van der Waals surface area contributed by atoms with Gasteiger partial charge in [0.25, 0.3) is 0 Å². The Hall–Kier alpha value is -2.62. The number of anilines is 1. The Kier molecular flexibility index (Phi) is 2.79. The van der Waals surface area contributed by atoms with E-state index in [2.05, 4.69) is 17.6 Å². The van der Waals surface area contributed by atoms with Crippen LogP contribution in [0.3, 0.4) is 0 Å². The molecule has 0 saturated carbocycles. The summed E-state index contributed by atoms with van der Waals surface area (Å²) in [6.45, 7) is 2.07. The molecule has 4 heteroatoms. The Labute approximate surface area is 128 Å². The molecule has 1 saturated heterocycles. The number of allylic oxidation sites excluding steroid dienone is 4. The van der Waals surface area contributed by atoms with Crippen LogP contribution in [-0.4, -0.2) is 17.6 Å². The number of fused-ring (bicyclic) bond motifs is 2. The number of nitrogens with one attached hydrogen (secondary N) is 2. The molecule has 0 amide bonds. The van der Waals surface area contributed by atoms with Gasteiger partial charge in [0.15, 0.2) is 5.78 Å². The summed E-state index contributed by atoms with van der Waals surface area (Å²) in [5, 5.41) is 6.30. The molecule has 0 radical (unpaired) electrons. The number of hydrogen-bond donors (Lipinski definition) is 2. The lowest BCUT2D eigenvalue weighted by Gasteiger charge is -2.16. The molecule has 3 aliphatic rings. The minimum Gasteiger partial charge on any atom is -0.373 e. The van der Waals surface area contributed by atoms with Crippen LogP contribution in [0.2, 0.25) is 0 Å². The smallest absolute Gasteiger partial charge is 0.213 e. The second kappa shape index (κ2) is 4.70. The van der Waals surface area contributed by atoms with Gasteiger partial charge in [-0.05, 0) is 18.6 Å². The summed E-state index contributed by atoms with van der Waals surface area (Å²) in [6.07, 6.45) is 6.98. The molecule has 22 heavy (non-hydrogen) atoms. The third kappa shape index (κ3) is 1.77. The highest BCUT2D eigenvalue weighted by atomic mass is 16.1. The van der Waals surface area contributed by atoms with Crippen LogP contribution in [0, 0.1) is 5.92 Å². The summed E-state index contributed by atoms with van der Waals surface area (Å²) < 4.78 is 0. The molecule has 4 rings (SSSR count). The van der Waals surface area contributed by atoms with Gasteiger partial charge in [-0.1, -0.05) is 42.9 Å². The predicted molar refractivity (Wildman–Crippen MR) is 84.4 cm³/mol. The van der Waals surface area contributed by atoms with Crippen LogP contribution in [0.15, 0.2) is 59.5 Å². The summed E-state index contributed by atoms with van der Waals surface area (Å²) >= 11 is 0. The van der Waals surface area contributed by atoms with E-state index in [0.29, 0.717) is 17.0 Å². The third-order valence-corrected chi connectivity index (χ3v) is 4.47. The molecule has 0 aromatic heterocycles. The monoisotopic (exact) mass is 292 g/mol. The van der Waals surface area contributed by atoms with Crippen LogP contribution >= 0.6 is 0 Å². The fourth-order valence-electron chi connectivity index (χ4n) is 3.24. The van der Waals surface area contributed by atoms with Gasteiger partial charge in [-0.2, -0.15) is 0 Å². The van der Waals surface area contributed by atoms with E-state index in [4.69, 9.17) is 0 Å². The zero-order valence-electron chi connectivity index (χ0n) is 12.2. The molecule has 110 valence electrons. The van der Waals surface area contributed by atoms with E-state index in [-0.39, 0.29) is 23.5 Å². The van der Waals surface area contributed by atoms with Crippen LogP contribution in [0.4, 0.5) is 5.69 Å². The second-order valence-electron chi connectivity index (χ2n) is 5.76. The topological polar surface area (TPSA) is 58.2 Å². The van der Waals surface area contributed by atoms with Crippen molar-refractivity contribution in [3.63, 3.8) is 0 Å². The number of rotatable bonds is 1. The van der Waals surface area contributed by atoms with Crippen molar-refractivity contribution in [2.75, 3.05) is 5.32 Å². The van der Waals surface area contributed by atoms with E-state index < -0.39 is 0 Å². The van der Waals surface area contributed by atoms with Crippen molar-refractivity contribution in [2.45, 2.75) is 19.4 Å². The summed E-state index contributed by atoms with van der Waals surface area (Å²) in [4.78, 5) is 25.2. The van der Waals surface area contributed by atoms with E-state index in [1.54, 1.807) is 6.07 Å². The molecule has 1 aromatic rings. The number of benzene rings is 1. The molecule has 1 aromatic carbocycles. The Morgan fingerprint density at radius 2 is 1.95 bits per heavy atom. The van der Waals surface area contributed by atoms with Crippen LogP contribution < -0.4 is 10.6 Å². The average molecular weight is 292 g/mol. The molecular formula is C18H16N2O2. The van der Waals surface area contributed by atoms with Crippen LogP contribution in [-0.2, 0) is 4.79 Å². The highest BCUT2D eigenvalue weighted by Crippen LogP contribution is 2.34. The summed E-state index contributed by atoms with van der Waals surface area (Å²) in [6, 6.07) is 7.27. The van der Waals surface area contributed by atoms with Crippen molar-refractivity contribution in [1.29, 1.82) is 0 Å². The maximum Gasteiger partial charge on any atom is 0.213 e. The van der Waals surface area contributed by atoms with Crippen LogP contribution in [0.25, 0.3) is 0 Å². The van der Waals surface area contributed by atoms with Gasteiger partial charge < -0.3 is 10.6 Å². The lowest BCUT2D eigenvalue weighted by Crippen LogP contribution is -2.26. The lowest BCUT2D eigenvalue weighted by molar-refractivity contribution is -0.116. The number of ketones is 2. The Morgan fingerprint density at radius 3 is 2.73 bits per heavy atom. The maximum absolute atomic E-state index is 12.7. The number of Topliss-reactive ketones (excluding diaryl/α,β-unsaturated/α-hetero) is 2. The highest BCUT2D eigenvalue weighted by Gasteiger charge is 2.41. The molecule has 1 aliphatic carbocycles. The Balaban J connectivity index is 1.74. The van der Waals surface area contributed by atoms with Crippen molar-refractivity contribution in [3.8, 4) is 0 Å². The molecule has 0 bridgehead atoms. The van der Waals surface area contributed by atoms with Crippen molar-refractivity contribution >= 4 is 17.3 Å². The average Bonchev–Trinajstić information content (AvgIpc) is 3.05. The van der Waals surface area contributed by atoms with Crippen LogP contribution in [0.5, 0.6) is 0 Å². The van der Waals surface area contributed by atoms with E-state index in [9.17, 15) is 9.59 Å². The van der Waals surface area contributed by atoms with Gasteiger partial charge in [0.2, 0.25) is 5.78 Å². The molecule has 2 heterocycles. The summed E-state index contributed by atoms with van der Waals surface area (Å²) in [7, 11) is 0. The van der Waals surface area contributed by atoms with Gasteiger partial charge in [0, 0.05) is 11.3 Å². The standard InChI is InChI=1S/C18H16N2O2/c1-2-10-7-8-14-12(9-10)18(22)16(20-14)15-17(21)11-5-3-4-6-13(11)19-15/h3-9,12,14,19-20H,2H2,1H3/b16-15+. The zero-order chi connectivity index (χ0) is 15.3. The Bertz CT molecular complexity index is 786. The largest absolute Gasteiger partial charge is 0.373 e. The molecule has 2 aliphatic heterocycles. The molecule has 0 spiro atoms. The second-order valence-corrected chi connectivity index (χ2v) is 5.76. The van der Waals surface area contributed by atoms with Gasteiger partial charge in [-0.15, -0.1) is 0 Å². The first-order valence-electron chi connectivity index (χ1n) is 7.53. The van der Waals surface area contributed by atoms with Gasteiger partial charge in [0.05, 0.1) is 12.0 Å². The molecule has 2 unspecified atom stereocenters. The minimum absolute atomic E-state index is 0.0102. The first-order chi connectivity index (χ1) is 10.7. The number of carbonyl (C=O) groups is 2. The molecule has 2 atom stereocenters. The predicted octanol–water partition coefficient (Wildman–Crippen LogP) is 2.57. The zero-order valence-corrected chi connectivity index (χ0v) is 12.2. The Morgan fingerprint density at radius 1 is 1.14 bits per heavy atom. The number of hydrogen-bond acceptors (Lipinski definition) is 4. The van der Waals surface area contributed by atoms with Crippen molar-refractivity contribution in [2.24, 2.45) is 5.92 Å².